The standard InChI is InChI=1S/C25H21FN2O3/c1-16-7-13-19(14-8-16)27-23-22(20-5-3-4-6-21(20)31-2)24(29)28(25(23)30)15-17-9-11-18(26)12-10-17/h3-14,27H,15H2,1-2H3. The summed E-state index contributed by atoms with van der Waals surface area (Å²) in [5.74, 6) is -0.771. The molecule has 1 aliphatic heterocycles. The van der Waals surface area contributed by atoms with E-state index in [1.54, 1.807) is 36.4 Å². The van der Waals surface area contributed by atoms with Gasteiger partial charge in [-0.1, -0.05) is 48.0 Å². The van der Waals surface area contributed by atoms with Crippen LogP contribution >= 0.6 is 0 Å². The lowest BCUT2D eigenvalue weighted by atomic mass is 10.0. The Morgan fingerprint density at radius 3 is 2.26 bits per heavy atom. The lowest BCUT2D eigenvalue weighted by Crippen LogP contribution is -2.32. The van der Waals surface area contributed by atoms with Crippen molar-refractivity contribution < 1.29 is 18.7 Å². The normalized spacial score (nSPS) is 13.7. The number of carbonyl (C=O) groups excluding carboxylic acids is 2. The zero-order valence-corrected chi connectivity index (χ0v) is 17.2. The van der Waals surface area contributed by atoms with Crippen molar-refractivity contribution >= 4 is 23.1 Å². The molecule has 4 rings (SSSR count). The zero-order valence-electron chi connectivity index (χ0n) is 17.2. The summed E-state index contributed by atoms with van der Waals surface area (Å²) >= 11 is 0. The zero-order chi connectivity index (χ0) is 22.0. The summed E-state index contributed by atoms with van der Waals surface area (Å²) in [4.78, 5) is 27.9. The SMILES string of the molecule is COc1ccccc1C1=C(Nc2ccc(C)cc2)C(=O)N(Cc2ccc(F)cc2)C1=O. The third kappa shape index (κ3) is 4.05. The van der Waals surface area contributed by atoms with Gasteiger partial charge in [-0.15, -0.1) is 0 Å². The number of anilines is 1. The number of carbonyl (C=O) groups is 2. The van der Waals surface area contributed by atoms with Crippen LogP contribution in [0.3, 0.4) is 0 Å². The molecule has 1 N–H and O–H groups in total. The van der Waals surface area contributed by atoms with Crippen LogP contribution in [0.25, 0.3) is 5.57 Å². The fourth-order valence-electron chi connectivity index (χ4n) is 3.49. The number of hydrogen-bond acceptors (Lipinski definition) is 4. The number of hydrogen-bond donors (Lipinski definition) is 1. The quantitative estimate of drug-likeness (QED) is 0.600. The van der Waals surface area contributed by atoms with E-state index < -0.39 is 11.8 Å². The molecule has 31 heavy (non-hydrogen) atoms. The van der Waals surface area contributed by atoms with Crippen molar-refractivity contribution in [1.29, 1.82) is 0 Å². The van der Waals surface area contributed by atoms with Gasteiger partial charge in [0.1, 0.15) is 17.3 Å². The summed E-state index contributed by atoms with van der Waals surface area (Å²) in [6.45, 7) is 2.01. The summed E-state index contributed by atoms with van der Waals surface area (Å²) in [6.07, 6.45) is 0. The van der Waals surface area contributed by atoms with E-state index in [0.717, 1.165) is 10.5 Å². The number of amides is 2. The summed E-state index contributed by atoms with van der Waals surface area (Å²) in [5, 5.41) is 3.13. The Kier molecular flexibility index (Phi) is 5.54. The van der Waals surface area contributed by atoms with Gasteiger partial charge in [-0.2, -0.15) is 0 Å². The fraction of sp³-hybridized carbons (Fsp3) is 0.120. The van der Waals surface area contributed by atoms with E-state index in [1.807, 2.05) is 31.2 Å². The third-order valence-corrected chi connectivity index (χ3v) is 5.12. The van der Waals surface area contributed by atoms with Crippen LogP contribution in [0.5, 0.6) is 5.75 Å². The predicted molar refractivity (Wildman–Crippen MR) is 117 cm³/mol. The minimum atomic E-state index is -0.448. The maximum absolute atomic E-state index is 13.4. The molecule has 0 aliphatic carbocycles. The fourth-order valence-corrected chi connectivity index (χ4v) is 3.49. The van der Waals surface area contributed by atoms with Crippen LogP contribution in [0, 0.1) is 12.7 Å². The van der Waals surface area contributed by atoms with Gasteiger partial charge in [-0.25, -0.2) is 4.39 Å². The molecule has 1 heterocycles. The van der Waals surface area contributed by atoms with Crippen LogP contribution in [0.15, 0.2) is 78.5 Å². The second-order valence-electron chi connectivity index (χ2n) is 7.26. The highest BCUT2D eigenvalue weighted by atomic mass is 19.1. The van der Waals surface area contributed by atoms with Gasteiger partial charge >= 0.3 is 0 Å². The molecule has 0 bridgehead atoms. The number of rotatable bonds is 6. The Bertz CT molecular complexity index is 1170. The molecule has 5 nitrogen and oxygen atoms in total. The van der Waals surface area contributed by atoms with Crippen LogP contribution in [0.4, 0.5) is 10.1 Å². The van der Waals surface area contributed by atoms with Crippen LogP contribution in [-0.4, -0.2) is 23.8 Å². The third-order valence-electron chi connectivity index (χ3n) is 5.12. The van der Waals surface area contributed by atoms with Crippen molar-refractivity contribution in [3.8, 4) is 5.75 Å². The first-order valence-corrected chi connectivity index (χ1v) is 9.80. The van der Waals surface area contributed by atoms with E-state index in [-0.39, 0.29) is 23.6 Å². The van der Waals surface area contributed by atoms with E-state index >= 15 is 0 Å². The van der Waals surface area contributed by atoms with Crippen molar-refractivity contribution in [3.63, 3.8) is 0 Å². The first kappa shape index (κ1) is 20.3. The highest BCUT2D eigenvalue weighted by Crippen LogP contribution is 2.35. The Labute approximate surface area is 179 Å². The Balaban J connectivity index is 1.76. The molecule has 3 aromatic rings. The molecule has 0 radical (unpaired) electrons. The molecule has 2 amide bonds. The number of imide groups is 1. The van der Waals surface area contributed by atoms with Crippen LogP contribution in [0.1, 0.15) is 16.7 Å². The van der Waals surface area contributed by atoms with Crippen molar-refractivity contribution in [1.82, 2.24) is 4.90 Å². The van der Waals surface area contributed by atoms with E-state index in [2.05, 4.69) is 5.32 Å². The number of ether oxygens (including phenoxy) is 1. The lowest BCUT2D eigenvalue weighted by molar-refractivity contribution is -0.137. The van der Waals surface area contributed by atoms with Gasteiger partial charge < -0.3 is 10.1 Å². The average Bonchev–Trinajstić information content (AvgIpc) is 3.00. The van der Waals surface area contributed by atoms with Crippen LogP contribution < -0.4 is 10.1 Å². The first-order valence-electron chi connectivity index (χ1n) is 9.80. The van der Waals surface area contributed by atoms with Crippen LogP contribution in [-0.2, 0) is 16.1 Å². The molecule has 156 valence electrons. The molecule has 3 aromatic carbocycles. The van der Waals surface area contributed by atoms with Gasteiger partial charge in [0.15, 0.2) is 0 Å². The van der Waals surface area contributed by atoms with Gasteiger partial charge in [0.25, 0.3) is 11.8 Å². The van der Waals surface area contributed by atoms with E-state index in [4.69, 9.17) is 4.74 Å². The molecule has 0 fully saturated rings. The summed E-state index contributed by atoms with van der Waals surface area (Å²) in [7, 11) is 1.52. The average molecular weight is 416 g/mol. The highest BCUT2D eigenvalue weighted by Gasteiger charge is 2.40. The Morgan fingerprint density at radius 1 is 0.903 bits per heavy atom. The molecular weight excluding hydrogens is 395 g/mol. The van der Waals surface area contributed by atoms with Crippen molar-refractivity contribution in [2.75, 3.05) is 12.4 Å². The molecule has 0 aromatic heterocycles. The maximum atomic E-state index is 13.4. The van der Waals surface area contributed by atoms with Gasteiger partial charge in [0.05, 0.1) is 19.2 Å². The second kappa shape index (κ2) is 8.44. The minimum absolute atomic E-state index is 0.0374. The highest BCUT2D eigenvalue weighted by molar-refractivity contribution is 6.36. The maximum Gasteiger partial charge on any atom is 0.278 e. The summed E-state index contributed by atoms with van der Waals surface area (Å²) < 4.78 is 18.7. The Morgan fingerprint density at radius 2 is 1.58 bits per heavy atom. The van der Waals surface area contributed by atoms with Gasteiger partial charge in [0, 0.05) is 11.3 Å². The van der Waals surface area contributed by atoms with E-state index in [9.17, 15) is 14.0 Å². The monoisotopic (exact) mass is 416 g/mol. The van der Waals surface area contributed by atoms with E-state index in [0.29, 0.717) is 22.6 Å². The molecule has 0 saturated heterocycles. The number of nitrogens with zero attached hydrogens (tertiary/aromatic N) is 1. The van der Waals surface area contributed by atoms with Crippen LogP contribution in [0.2, 0.25) is 0 Å². The number of halogens is 1. The molecule has 0 unspecified atom stereocenters. The molecule has 0 atom stereocenters. The summed E-state index contributed by atoms with van der Waals surface area (Å²) in [6, 6.07) is 20.3. The predicted octanol–water partition coefficient (Wildman–Crippen LogP) is 4.53. The Hall–Kier alpha value is -3.93. The second-order valence-corrected chi connectivity index (χ2v) is 7.26. The molecule has 0 saturated carbocycles. The number of aryl methyl sites for hydroxylation is 1. The van der Waals surface area contributed by atoms with Crippen molar-refractivity contribution in [2.24, 2.45) is 0 Å². The number of para-hydroxylation sites is 1. The largest absolute Gasteiger partial charge is 0.496 e. The number of nitrogens with one attached hydrogen (secondary N) is 1. The van der Waals surface area contributed by atoms with Gasteiger partial charge in [-0.05, 0) is 42.8 Å². The number of benzene rings is 3. The topological polar surface area (TPSA) is 58.6 Å². The first-order chi connectivity index (χ1) is 15.0. The van der Waals surface area contributed by atoms with E-state index in [1.165, 1.54) is 19.2 Å². The van der Waals surface area contributed by atoms with Gasteiger partial charge in [0.2, 0.25) is 0 Å². The molecule has 1 aliphatic rings. The number of methoxy groups -OCH3 is 1. The smallest absolute Gasteiger partial charge is 0.278 e. The summed E-state index contributed by atoms with van der Waals surface area (Å²) in [5.41, 5.74) is 3.37. The molecule has 6 heteroatoms. The van der Waals surface area contributed by atoms with Crippen molar-refractivity contribution in [2.45, 2.75) is 13.5 Å². The lowest BCUT2D eigenvalue weighted by Gasteiger charge is -2.15. The van der Waals surface area contributed by atoms with Crippen molar-refractivity contribution in [3.05, 3.63) is 101 Å². The molecule has 0 spiro atoms. The van der Waals surface area contributed by atoms with Gasteiger partial charge in [-0.3, -0.25) is 14.5 Å². The molecular formula is C25H21FN2O3. The minimum Gasteiger partial charge on any atom is -0.496 e.